The van der Waals surface area contributed by atoms with Gasteiger partial charge >= 0.3 is 5.97 Å². The van der Waals surface area contributed by atoms with Crippen LogP contribution in [-0.4, -0.2) is 23.1 Å². The fourth-order valence-electron chi connectivity index (χ4n) is 2.24. The summed E-state index contributed by atoms with van der Waals surface area (Å²) < 4.78 is 6.14. The largest absolute Gasteiger partial charge is 0.423 e. The lowest BCUT2D eigenvalue weighted by Crippen LogP contribution is -2.17. The molecule has 2 aromatic carbocycles. The van der Waals surface area contributed by atoms with Gasteiger partial charge < -0.3 is 4.74 Å². The van der Waals surface area contributed by atoms with E-state index in [1.165, 1.54) is 12.4 Å². The monoisotopic (exact) mass is 437 g/mol. The third kappa shape index (κ3) is 5.34. The molecule has 0 fully saturated rings. The first-order chi connectivity index (χ1) is 13.5. The Balaban J connectivity index is 1.56. The highest BCUT2D eigenvalue weighted by atomic mass is 79.9. The number of hydrogen-bond acceptors (Lipinski definition) is 5. The molecular formula is C21H16BrN3O3. The molecule has 1 amide bonds. The molecule has 28 heavy (non-hydrogen) atoms. The van der Waals surface area contributed by atoms with Crippen molar-refractivity contribution in [2.75, 3.05) is 0 Å². The highest BCUT2D eigenvalue weighted by Gasteiger charge is 2.08. The Morgan fingerprint density at radius 2 is 1.86 bits per heavy atom. The number of amides is 1. The summed E-state index contributed by atoms with van der Waals surface area (Å²) in [5, 5.41) is 3.92. The predicted octanol–water partition coefficient (Wildman–Crippen LogP) is 4.14. The Bertz CT molecular complexity index is 1020. The number of hydrogen-bond donors (Lipinski definition) is 1. The molecule has 0 saturated carbocycles. The van der Waals surface area contributed by atoms with Crippen molar-refractivity contribution in [1.82, 2.24) is 10.4 Å². The van der Waals surface area contributed by atoms with Crippen LogP contribution in [0.5, 0.6) is 5.75 Å². The van der Waals surface area contributed by atoms with Gasteiger partial charge in [-0.15, -0.1) is 0 Å². The molecule has 140 valence electrons. The molecule has 0 radical (unpaired) electrons. The lowest BCUT2D eigenvalue weighted by molar-refractivity contribution is 0.0734. The molecule has 1 N–H and O–H groups in total. The van der Waals surface area contributed by atoms with E-state index in [0.29, 0.717) is 16.9 Å². The predicted molar refractivity (Wildman–Crippen MR) is 110 cm³/mol. The number of esters is 1. The van der Waals surface area contributed by atoms with E-state index in [-0.39, 0.29) is 5.91 Å². The smallest absolute Gasteiger partial charge is 0.343 e. The summed E-state index contributed by atoms with van der Waals surface area (Å²) >= 11 is 3.32. The second-order valence-corrected chi connectivity index (χ2v) is 6.77. The van der Waals surface area contributed by atoms with Gasteiger partial charge in [0.15, 0.2) is 0 Å². The average molecular weight is 438 g/mol. The summed E-state index contributed by atoms with van der Waals surface area (Å²) in [6.45, 7) is 1.85. The standard InChI is InChI=1S/C21H16BrN3O3/c1-14-5-8-17(13-23-14)20(26)25-24-12-15-6-9-19(10-7-15)28-21(27)16-3-2-4-18(22)11-16/h2-13H,1H3,(H,25,26)/b24-12-. The quantitative estimate of drug-likeness (QED) is 0.281. The van der Waals surface area contributed by atoms with Crippen molar-refractivity contribution in [3.05, 3.63) is 93.7 Å². The van der Waals surface area contributed by atoms with Gasteiger partial charge in [-0.1, -0.05) is 22.0 Å². The van der Waals surface area contributed by atoms with Crippen molar-refractivity contribution in [3.63, 3.8) is 0 Å². The Morgan fingerprint density at radius 1 is 1.07 bits per heavy atom. The molecule has 0 spiro atoms. The molecule has 6 nitrogen and oxygen atoms in total. The van der Waals surface area contributed by atoms with Crippen LogP contribution in [0.1, 0.15) is 32.0 Å². The molecule has 3 rings (SSSR count). The SMILES string of the molecule is Cc1ccc(C(=O)N/N=C\c2ccc(OC(=O)c3cccc(Br)c3)cc2)cn1. The van der Waals surface area contributed by atoms with Crippen LogP contribution in [0.25, 0.3) is 0 Å². The number of nitrogens with zero attached hydrogens (tertiary/aromatic N) is 2. The Morgan fingerprint density at radius 3 is 2.54 bits per heavy atom. The van der Waals surface area contributed by atoms with Crippen LogP contribution in [0.4, 0.5) is 0 Å². The van der Waals surface area contributed by atoms with E-state index in [1.807, 2.05) is 13.0 Å². The van der Waals surface area contributed by atoms with E-state index in [9.17, 15) is 9.59 Å². The van der Waals surface area contributed by atoms with E-state index in [0.717, 1.165) is 15.7 Å². The highest BCUT2D eigenvalue weighted by Crippen LogP contribution is 2.16. The van der Waals surface area contributed by atoms with E-state index >= 15 is 0 Å². The first-order valence-corrected chi connectivity index (χ1v) is 9.14. The number of rotatable bonds is 5. The summed E-state index contributed by atoms with van der Waals surface area (Å²) in [4.78, 5) is 28.2. The molecule has 0 unspecified atom stereocenters. The van der Waals surface area contributed by atoms with Gasteiger partial charge in [-0.25, -0.2) is 10.2 Å². The summed E-state index contributed by atoms with van der Waals surface area (Å²) in [5.74, 6) is -0.373. The van der Waals surface area contributed by atoms with Crippen LogP contribution in [-0.2, 0) is 0 Å². The van der Waals surface area contributed by atoms with Gasteiger partial charge in [0.25, 0.3) is 5.91 Å². The van der Waals surface area contributed by atoms with Crippen LogP contribution < -0.4 is 10.2 Å². The summed E-state index contributed by atoms with van der Waals surface area (Å²) in [6.07, 6.45) is 2.99. The zero-order valence-corrected chi connectivity index (χ0v) is 16.5. The zero-order valence-electron chi connectivity index (χ0n) is 14.9. The van der Waals surface area contributed by atoms with Gasteiger partial charge in [-0.2, -0.15) is 5.10 Å². The Kier molecular flexibility index (Phi) is 6.29. The maximum atomic E-state index is 12.1. The summed E-state index contributed by atoms with van der Waals surface area (Å²) in [6, 6.07) is 17.2. The zero-order chi connectivity index (χ0) is 19.9. The van der Waals surface area contributed by atoms with E-state index in [2.05, 4.69) is 31.4 Å². The lowest BCUT2D eigenvalue weighted by atomic mass is 10.2. The van der Waals surface area contributed by atoms with Gasteiger partial charge in [0, 0.05) is 16.4 Å². The number of carbonyl (C=O) groups is 2. The van der Waals surface area contributed by atoms with Gasteiger partial charge in [-0.05, 0) is 67.1 Å². The number of halogens is 1. The van der Waals surface area contributed by atoms with Crippen LogP contribution >= 0.6 is 15.9 Å². The molecule has 0 aliphatic rings. The number of hydrazone groups is 1. The third-order valence-electron chi connectivity index (χ3n) is 3.70. The van der Waals surface area contributed by atoms with Crippen molar-refractivity contribution < 1.29 is 14.3 Å². The molecule has 0 bridgehead atoms. The fourth-order valence-corrected chi connectivity index (χ4v) is 2.63. The minimum atomic E-state index is -0.443. The van der Waals surface area contributed by atoms with Crippen molar-refractivity contribution >= 4 is 34.0 Å². The molecule has 3 aromatic rings. The van der Waals surface area contributed by atoms with Crippen molar-refractivity contribution in [3.8, 4) is 5.75 Å². The number of aromatic nitrogens is 1. The summed E-state index contributed by atoms with van der Waals surface area (Å²) in [7, 11) is 0. The Labute approximate surface area is 170 Å². The molecule has 0 saturated heterocycles. The minimum absolute atomic E-state index is 0.344. The average Bonchev–Trinajstić information content (AvgIpc) is 2.69. The van der Waals surface area contributed by atoms with Gasteiger partial charge in [0.05, 0.1) is 17.3 Å². The minimum Gasteiger partial charge on any atom is -0.423 e. The fraction of sp³-hybridized carbons (Fsp3) is 0.0476. The van der Waals surface area contributed by atoms with E-state index in [4.69, 9.17) is 4.74 Å². The molecule has 0 atom stereocenters. The molecule has 7 heteroatoms. The highest BCUT2D eigenvalue weighted by molar-refractivity contribution is 9.10. The van der Waals surface area contributed by atoms with Crippen molar-refractivity contribution in [1.29, 1.82) is 0 Å². The Hall–Kier alpha value is -3.32. The first kappa shape index (κ1) is 19.4. The van der Waals surface area contributed by atoms with Gasteiger partial charge in [0.1, 0.15) is 5.75 Å². The van der Waals surface area contributed by atoms with Gasteiger partial charge in [-0.3, -0.25) is 9.78 Å². The second kappa shape index (κ2) is 9.05. The number of nitrogens with one attached hydrogen (secondary N) is 1. The normalized spacial score (nSPS) is 10.6. The van der Waals surface area contributed by atoms with Gasteiger partial charge in [0.2, 0.25) is 0 Å². The van der Waals surface area contributed by atoms with E-state index in [1.54, 1.807) is 54.6 Å². The number of carbonyl (C=O) groups excluding carboxylic acids is 2. The summed E-state index contributed by atoms with van der Waals surface area (Å²) in [5.41, 5.74) is 4.90. The second-order valence-electron chi connectivity index (χ2n) is 5.86. The molecular weight excluding hydrogens is 422 g/mol. The van der Waals surface area contributed by atoms with Crippen LogP contribution in [0, 0.1) is 6.92 Å². The third-order valence-corrected chi connectivity index (χ3v) is 4.20. The number of benzene rings is 2. The van der Waals surface area contributed by atoms with Crippen molar-refractivity contribution in [2.45, 2.75) is 6.92 Å². The first-order valence-electron chi connectivity index (χ1n) is 8.35. The molecule has 1 aromatic heterocycles. The van der Waals surface area contributed by atoms with Crippen molar-refractivity contribution in [2.24, 2.45) is 5.10 Å². The number of ether oxygens (including phenoxy) is 1. The molecule has 0 aliphatic heterocycles. The molecule has 0 aliphatic carbocycles. The van der Waals surface area contributed by atoms with Crippen LogP contribution in [0.3, 0.4) is 0 Å². The topological polar surface area (TPSA) is 80.6 Å². The number of aryl methyl sites for hydroxylation is 1. The van der Waals surface area contributed by atoms with Crippen LogP contribution in [0.15, 0.2) is 76.4 Å². The maximum Gasteiger partial charge on any atom is 0.343 e. The molecule has 1 heterocycles. The lowest BCUT2D eigenvalue weighted by Gasteiger charge is -2.05. The maximum absolute atomic E-state index is 12.1. The van der Waals surface area contributed by atoms with E-state index < -0.39 is 5.97 Å². The van der Waals surface area contributed by atoms with Crippen LogP contribution in [0.2, 0.25) is 0 Å². The number of pyridine rings is 1.